The molecule has 1 rings (SSSR count). The predicted molar refractivity (Wildman–Crippen MR) is 75.9 cm³/mol. The van der Waals surface area contributed by atoms with Gasteiger partial charge in [0.15, 0.2) is 11.1 Å². The smallest absolute Gasteiger partial charge is 0.223 e. The average Bonchev–Trinajstić information content (AvgIpc) is 2.34. The van der Waals surface area contributed by atoms with Crippen LogP contribution in [0.1, 0.15) is 33.3 Å². The second-order valence-corrected chi connectivity index (χ2v) is 6.67. The van der Waals surface area contributed by atoms with Crippen LogP contribution >= 0.6 is 0 Å². The lowest BCUT2D eigenvalue weighted by Gasteiger charge is -2.26. The van der Waals surface area contributed by atoms with Crippen molar-refractivity contribution in [2.75, 3.05) is 0 Å². The molecule has 0 aliphatic carbocycles. The molecule has 1 aromatic rings. The number of rotatable bonds is 4. The summed E-state index contributed by atoms with van der Waals surface area (Å²) in [4.78, 5) is 12.3. The number of amides is 1. The van der Waals surface area contributed by atoms with E-state index < -0.39 is 11.1 Å². The summed E-state index contributed by atoms with van der Waals surface area (Å²) >= 11 is -1.96. The molecule has 0 fully saturated rings. The van der Waals surface area contributed by atoms with Crippen molar-refractivity contribution in [1.29, 1.82) is 0 Å². The Hall–Kier alpha value is -1.20. The summed E-state index contributed by atoms with van der Waals surface area (Å²) in [6, 6.07) is 6.66. The van der Waals surface area contributed by atoms with Crippen molar-refractivity contribution >= 4 is 17.0 Å². The number of nitrogens with one attached hydrogen (secondary N) is 1. The minimum absolute atomic E-state index is 0.0160. The fourth-order valence-corrected chi connectivity index (χ4v) is 1.83. The van der Waals surface area contributed by atoms with E-state index in [1.807, 2.05) is 27.7 Å². The molecule has 0 spiro atoms. The molecule has 1 amide bonds. The lowest BCUT2D eigenvalue weighted by Crippen LogP contribution is -2.35. The van der Waals surface area contributed by atoms with Gasteiger partial charge < -0.3 is 9.87 Å². The molecular formula is C14H21NO3S. The molecule has 0 aromatic heterocycles. The third-order valence-corrected chi connectivity index (χ3v) is 3.96. The lowest BCUT2D eigenvalue weighted by molar-refractivity contribution is -0.127. The normalized spacial score (nSPS) is 14.8. The summed E-state index contributed by atoms with van der Waals surface area (Å²) in [6.07, 6.45) is 0. The molecule has 0 aliphatic rings. The Morgan fingerprint density at radius 3 is 2.26 bits per heavy atom. The van der Waals surface area contributed by atoms with E-state index in [4.69, 9.17) is 4.55 Å². The maximum atomic E-state index is 11.9. The van der Waals surface area contributed by atoms with E-state index in [0.717, 1.165) is 5.56 Å². The van der Waals surface area contributed by atoms with Crippen molar-refractivity contribution in [3.63, 3.8) is 0 Å². The Morgan fingerprint density at radius 2 is 1.84 bits per heavy atom. The molecule has 5 heteroatoms. The van der Waals surface area contributed by atoms with E-state index in [9.17, 15) is 9.00 Å². The molecule has 2 unspecified atom stereocenters. The summed E-state index contributed by atoms with van der Waals surface area (Å²) in [5.74, 6) is -0.0565. The second-order valence-electron chi connectivity index (χ2n) is 5.70. The molecule has 1 aromatic carbocycles. The van der Waals surface area contributed by atoms with E-state index in [1.165, 1.54) is 0 Å². The van der Waals surface area contributed by atoms with Crippen molar-refractivity contribution in [2.24, 2.45) is 11.3 Å². The van der Waals surface area contributed by atoms with Crippen LogP contribution in [-0.4, -0.2) is 14.7 Å². The minimum atomic E-state index is -1.96. The summed E-state index contributed by atoms with van der Waals surface area (Å²) in [5.41, 5.74) is 0.838. The Labute approximate surface area is 116 Å². The standard InChI is InChI=1S/C14H21NO3S/c1-10(14(2,3)4)13(16)15-9-11-5-7-12(8-6-11)19(17)18/h5-8,10H,9H2,1-4H3,(H,15,16)(H,17,18). The molecule has 106 valence electrons. The Balaban J connectivity index is 2.58. The van der Waals surface area contributed by atoms with Crippen LogP contribution in [0.15, 0.2) is 29.2 Å². The first kappa shape index (κ1) is 15.9. The molecule has 0 radical (unpaired) electrons. The topological polar surface area (TPSA) is 66.4 Å². The molecule has 0 aliphatic heterocycles. The quantitative estimate of drug-likeness (QED) is 0.835. The highest BCUT2D eigenvalue weighted by Crippen LogP contribution is 2.25. The largest absolute Gasteiger partial charge is 0.352 e. The van der Waals surface area contributed by atoms with Crippen LogP contribution in [0.25, 0.3) is 0 Å². The molecule has 4 nitrogen and oxygen atoms in total. The van der Waals surface area contributed by atoms with Gasteiger partial charge in [-0.15, -0.1) is 0 Å². The maximum absolute atomic E-state index is 11.9. The molecule has 19 heavy (non-hydrogen) atoms. The first-order valence-electron chi connectivity index (χ1n) is 6.19. The Kier molecular flexibility index (Phi) is 5.26. The lowest BCUT2D eigenvalue weighted by atomic mass is 9.81. The van der Waals surface area contributed by atoms with Gasteiger partial charge in [-0.3, -0.25) is 4.79 Å². The van der Waals surface area contributed by atoms with E-state index in [0.29, 0.717) is 11.4 Å². The van der Waals surface area contributed by atoms with Crippen LogP contribution in [0.3, 0.4) is 0 Å². The van der Waals surface area contributed by atoms with Crippen LogP contribution in [-0.2, 0) is 22.4 Å². The maximum Gasteiger partial charge on any atom is 0.223 e. The number of benzene rings is 1. The van der Waals surface area contributed by atoms with Gasteiger partial charge in [-0.25, -0.2) is 4.21 Å². The summed E-state index contributed by atoms with van der Waals surface area (Å²) in [5, 5.41) is 2.88. The first-order chi connectivity index (χ1) is 8.71. The fraction of sp³-hybridized carbons (Fsp3) is 0.500. The highest BCUT2D eigenvalue weighted by atomic mass is 32.2. The van der Waals surface area contributed by atoms with E-state index in [1.54, 1.807) is 24.3 Å². The number of carbonyl (C=O) groups excluding carboxylic acids is 1. The second kappa shape index (κ2) is 6.30. The van der Waals surface area contributed by atoms with Crippen LogP contribution in [0.5, 0.6) is 0 Å². The average molecular weight is 283 g/mol. The van der Waals surface area contributed by atoms with Crippen molar-refractivity contribution < 1.29 is 13.6 Å². The molecular weight excluding hydrogens is 262 g/mol. The monoisotopic (exact) mass is 283 g/mol. The Bertz CT molecular complexity index is 463. The van der Waals surface area contributed by atoms with E-state index in [2.05, 4.69) is 5.32 Å². The van der Waals surface area contributed by atoms with Crippen molar-refractivity contribution in [3.8, 4) is 0 Å². The fourth-order valence-electron chi connectivity index (χ4n) is 1.46. The zero-order valence-corrected chi connectivity index (χ0v) is 12.6. The number of carbonyl (C=O) groups is 1. The molecule has 2 N–H and O–H groups in total. The third kappa shape index (κ3) is 4.76. The van der Waals surface area contributed by atoms with Gasteiger partial charge in [0, 0.05) is 12.5 Å². The highest BCUT2D eigenvalue weighted by Gasteiger charge is 2.26. The van der Waals surface area contributed by atoms with Gasteiger partial charge in [-0.1, -0.05) is 39.8 Å². The molecule has 0 bridgehead atoms. The number of hydrogen-bond donors (Lipinski definition) is 2. The van der Waals surface area contributed by atoms with E-state index in [-0.39, 0.29) is 17.2 Å². The van der Waals surface area contributed by atoms with Gasteiger partial charge in [0.25, 0.3) is 0 Å². The van der Waals surface area contributed by atoms with Crippen molar-refractivity contribution in [2.45, 2.75) is 39.1 Å². The molecule has 0 saturated heterocycles. The SMILES string of the molecule is CC(C(=O)NCc1ccc(S(=O)O)cc1)C(C)(C)C. The van der Waals surface area contributed by atoms with Gasteiger partial charge in [0.1, 0.15) is 0 Å². The van der Waals surface area contributed by atoms with Crippen LogP contribution in [0, 0.1) is 11.3 Å². The van der Waals surface area contributed by atoms with Crippen LogP contribution in [0.2, 0.25) is 0 Å². The zero-order valence-electron chi connectivity index (χ0n) is 11.8. The Morgan fingerprint density at radius 1 is 1.32 bits per heavy atom. The number of hydrogen-bond acceptors (Lipinski definition) is 2. The van der Waals surface area contributed by atoms with Gasteiger partial charge in [-0.05, 0) is 23.1 Å². The molecule has 0 heterocycles. The van der Waals surface area contributed by atoms with Crippen molar-refractivity contribution in [1.82, 2.24) is 5.32 Å². The summed E-state index contributed by atoms with van der Waals surface area (Å²) in [6.45, 7) is 8.43. The first-order valence-corrected chi connectivity index (χ1v) is 7.30. The third-order valence-electron chi connectivity index (χ3n) is 3.28. The van der Waals surface area contributed by atoms with Crippen LogP contribution in [0.4, 0.5) is 0 Å². The van der Waals surface area contributed by atoms with Crippen molar-refractivity contribution in [3.05, 3.63) is 29.8 Å². The van der Waals surface area contributed by atoms with Gasteiger partial charge in [0.05, 0.1) is 4.90 Å². The summed E-state index contributed by atoms with van der Waals surface area (Å²) in [7, 11) is 0. The van der Waals surface area contributed by atoms with E-state index >= 15 is 0 Å². The predicted octanol–water partition coefficient (Wildman–Crippen LogP) is 2.57. The highest BCUT2D eigenvalue weighted by molar-refractivity contribution is 7.79. The zero-order chi connectivity index (χ0) is 14.6. The van der Waals surface area contributed by atoms with Gasteiger partial charge in [-0.2, -0.15) is 0 Å². The van der Waals surface area contributed by atoms with Gasteiger partial charge >= 0.3 is 0 Å². The minimum Gasteiger partial charge on any atom is -0.352 e. The molecule has 0 saturated carbocycles. The van der Waals surface area contributed by atoms with Gasteiger partial charge in [0.2, 0.25) is 5.91 Å². The molecule has 2 atom stereocenters. The summed E-state index contributed by atoms with van der Waals surface area (Å²) < 4.78 is 19.7. The van der Waals surface area contributed by atoms with Crippen LogP contribution < -0.4 is 5.32 Å².